The van der Waals surface area contributed by atoms with E-state index in [0.717, 1.165) is 16.9 Å². The molecule has 0 aliphatic heterocycles. The molecule has 5 nitrogen and oxygen atoms in total. The van der Waals surface area contributed by atoms with Gasteiger partial charge in [0.1, 0.15) is 11.6 Å². The van der Waals surface area contributed by atoms with Gasteiger partial charge in [0.25, 0.3) is 0 Å². The molecule has 0 radical (unpaired) electrons. The highest BCUT2D eigenvalue weighted by molar-refractivity contribution is 5.43. The average Bonchev–Trinajstić information content (AvgIpc) is 2.97. The van der Waals surface area contributed by atoms with Crippen LogP contribution in [-0.4, -0.2) is 38.5 Å². The van der Waals surface area contributed by atoms with Crippen molar-refractivity contribution in [3.8, 4) is 17.3 Å². The molecule has 2 aromatic carbocycles. The first-order valence-corrected chi connectivity index (χ1v) is 9.84. The Morgan fingerprint density at radius 1 is 1.10 bits per heavy atom. The number of benzene rings is 2. The van der Waals surface area contributed by atoms with Crippen molar-refractivity contribution < 1.29 is 14.2 Å². The summed E-state index contributed by atoms with van der Waals surface area (Å²) in [5.74, 6) is 0.606. The standard InChI is InChI=1S/C23H28FN3O2/c1-16(2)26(14-17(3)28)15-22-18(4)25-27(20-10-6-5-7-11-20)23(22)29-21-12-8-9-19(24)13-21/h5-13,16-17,28H,14-15H2,1-4H3. The molecule has 0 amide bonds. The number of rotatable bonds is 8. The minimum atomic E-state index is -0.450. The molecule has 0 aliphatic rings. The average molecular weight is 397 g/mol. The van der Waals surface area contributed by atoms with E-state index in [1.807, 2.05) is 37.3 Å². The summed E-state index contributed by atoms with van der Waals surface area (Å²) in [4.78, 5) is 2.17. The van der Waals surface area contributed by atoms with Gasteiger partial charge in [-0.3, -0.25) is 4.90 Å². The molecule has 29 heavy (non-hydrogen) atoms. The summed E-state index contributed by atoms with van der Waals surface area (Å²) in [6.45, 7) is 8.99. The van der Waals surface area contributed by atoms with Crippen LogP contribution in [0.5, 0.6) is 11.6 Å². The molecular formula is C23H28FN3O2. The molecule has 0 aliphatic carbocycles. The highest BCUT2D eigenvalue weighted by Gasteiger charge is 2.23. The van der Waals surface area contributed by atoms with Gasteiger partial charge < -0.3 is 9.84 Å². The van der Waals surface area contributed by atoms with Crippen LogP contribution in [0.4, 0.5) is 4.39 Å². The number of para-hydroxylation sites is 1. The highest BCUT2D eigenvalue weighted by Crippen LogP contribution is 2.32. The summed E-state index contributed by atoms with van der Waals surface area (Å²) >= 11 is 0. The van der Waals surface area contributed by atoms with Crippen LogP contribution in [0.3, 0.4) is 0 Å². The lowest BCUT2D eigenvalue weighted by Crippen LogP contribution is -2.36. The molecule has 0 saturated heterocycles. The zero-order valence-corrected chi connectivity index (χ0v) is 17.3. The van der Waals surface area contributed by atoms with E-state index in [1.165, 1.54) is 12.1 Å². The van der Waals surface area contributed by atoms with Crippen molar-refractivity contribution in [2.75, 3.05) is 6.54 Å². The minimum Gasteiger partial charge on any atom is -0.438 e. The maximum absolute atomic E-state index is 13.7. The highest BCUT2D eigenvalue weighted by atomic mass is 19.1. The van der Waals surface area contributed by atoms with Crippen LogP contribution in [0, 0.1) is 12.7 Å². The van der Waals surface area contributed by atoms with Crippen molar-refractivity contribution in [1.82, 2.24) is 14.7 Å². The van der Waals surface area contributed by atoms with Crippen LogP contribution < -0.4 is 4.74 Å². The summed E-state index contributed by atoms with van der Waals surface area (Å²) in [5, 5.41) is 14.6. The molecule has 1 N–H and O–H groups in total. The second kappa shape index (κ2) is 9.20. The van der Waals surface area contributed by atoms with Crippen molar-refractivity contribution >= 4 is 0 Å². The number of ether oxygens (including phenoxy) is 1. The van der Waals surface area contributed by atoms with E-state index in [1.54, 1.807) is 23.7 Å². The Hall–Kier alpha value is -2.70. The maximum atomic E-state index is 13.7. The molecule has 1 atom stereocenters. The van der Waals surface area contributed by atoms with Gasteiger partial charge in [0.15, 0.2) is 0 Å². The molecule has 1 heterocycles. The fraction of sp³-hybridized carbons (Fsp3) is 0.348. The van der Waals surface area contributed by atoms with Gasteiger partial charge in [-0.15, -0.1) is 0 Å². The first-order valence-electron chi connectivity index (χ1n) is 9.84. The number of aliphatic hydroxyl groups excluding tert-OH is 1. The quantitative estimate of drug-likeness (QED) is 0.598. The molecule has 1 unspecified atom stereocenters. The number of aliphatic hydroxyl groups is 1. The van der Waals surface area contributed by atoms with E-state index >= 15 is 0 Å². The van der Waals surface area contributed by atoms with Gasteiger partial charge in [0.05, 0.1) is 23.0 Å². The van der Waals surface area contributed by atoms with Crippen LogP contribution in [0.2, 0.25) is 0 Å². The largest absolute Gasteiger partial charge is 0.438 e. The Labute approximate surface area is 171 Å². The Morgan fingerprint density at radius 3 is 2.45 bits per heavy atom. The van der Waals surface area contributed by atoms with Gasteiger partial charge in [-0.05, 0) is 52.0 Å². The van der Waals surface area contributed by atoms with Crippen molar-refractivity contribution in [2.24, 2.45) is 0 Å². The first kappa shape index (κ1) is 21.0. The zero-order chi connectivity index (χ0) is 21.0. The van der Waals surface area contributed by atoms with Crippen LogP contribution in [0.15, 0.2) is 54.6 Å². The predicted octanol–water partition coefficient (Wildman–Crippen LogP) is 4.70. The predicted molar refractivity (Wildman–Crippen MR) is 112 cm³/mol. The number of hydrogen-bond donors (Lipinski definition) is 1. The second-order valence-corrected chi connectivity index (χ2v) is 7.55. The fourth-order valence-electron chi connectivity index (χ4n) is 3.21. The molecule has 0 saturated carbocycles. The van der Waals surface area contributed by atoms with Gasteiger partial charge in [-0.1, -0.05) is 24.3 Å². The second-order valence-electron chi connectivity index (χ2n) is 7.55. The lowest BCUT2D eigenvalue weighted by atomic mass is 10.2. The number of halogens is 1. The van der Waals surface area contributed by atoms with Crippen LogP contribution in [-0.2, 0) is 6.54 Å². The molecule has 154 valence electrons. The number of aromatic nitrogens is 2. The Kier molecular flexibility index (Phi) is 6.67. The van der Waals surface area contributed by atoms with E-state index in [2.05, 4.69) is 18.7 Å². The third-order valence-corrected chi connectivity index (χ3v) is 4.74. The minimum absolute atomic E-state index is 0.228. The summed E-state index contributed by atoms with van der Waals surface area (Å²) in [6, 6.07) is 16.0. The van der Waals surface area contributed by atoms with Gasteiger partial charge in [-0.25, -0.2) is 9.07 Å². The first-order chi connectivity index (χ1) is 13.8. The Balaban J connectivity index is 2.06. The topological polar surface area (TPSA) is 50.5 Å². The lowest BCUT2D eigenvalue weighted by molar-refractivity contribution is 0.102. The molecule has 0 bridgehead atoms. The van der Waals surface area contributed by atoms with Gasteiger partial charge in [0, 0.05) is 25.2 Å². The monoisotopic (exact) mass is 397 g/mol. The molecule has 0 spiro atoms. The van der Waals surface area contributed by atoms with Crippen molar-refractivity contribution in [3.63, 3.8) is 0 Å². The van der Waals surface area contributed by atoms with E-state index in [4.69, 9.17) is 9.84 Å². The number of nitrogens with zero attached hydrogens (tertiary/aromatic N) is 3. The van der Waals surface area contributed by atoms with E-state index in [0.29, 0.717) is 24.7 Å². The van der Waals surface area contributed by atoms with Gasteiger partial charge in [-0.2, -0.15) is 5.10 Å². The SMILES string of the molecule is Cc1nn(-c2ccccc2)c(Oc2cccc(F)c2)c1CN(CC(C)O)C(C)C. The lowest BCUT2D eigenvalue weighted by Gasteiger charge is -2.27. The molecule has 3 rings (SSSR count). The number of aryl methyl sites for hydroxylation is 1. The van der Waals surface area contributed by atoms with Crippen LogP contribution in [0.1, 0.15) is 32.0 Å². The van der Waals surface area contributed by atoms with Gasteiger partial charge >= 0.3 is 0 Å². The summed E-state index contributed by atoms with van der Waals surface area (Å²) < 4.78 is 21.6. The fourth-order valence-corrected chi connectivity index (χ4v) is 3.21. The summed E-state index contributed by atoms with van der Waals surface area (Å²) in [7, 11) is 0. The third kappa shape index (κ3) is 5.22. The third-order valence-electron chi connectivity index (χ3n) is 4.74. The molecule has 3 aromatic rings. The zero-order valence-electron chi connectivity index (χ0n) is 17.3. The van der Waals surface area contributed by atoms with Gasteiger partial charge in [0.2, 0.25) is 5.88 Å². The van der Waals surface area contributed by atoms with Crippen molar-refractivity contribution in [3.05, 3.63) is 71.7 Å². The molecule has 0 fully saturated rings. The van der Waals surface area contributed by atoms with Crippen molar-refractivity contribution in [2.45, 2.75) is 46.4 Å². The molecule has 6 heteroatoms. The maximum Gasteiger partial charge on any atom is 0.227 e. The van der Waals surface area contributed by atoms with E-state index in [9.17, 15) is 9.50 Å². The Morgan fingerprint density at radius 2 is 1.83 bits per heavy atom. The normalized spacial score (nSPS) is 12.6. The smallest absolute Gasteiger partial charge is 0.227 e. The molecular weight excluding hydrogens is 369 g/mol. The van der Waals surface area contributed by atoms with Crippen LogP contribution in [0.25, 0.3) is 5.69 Å². The summed E-state index contributed by atoms with van der Waals surface area (Å²) in [6.07, 6.45) is -0.450. The Bertz CT molecular complexity index is 939. The molecule has 1 aromatic heterocycles. The number of hydrogen-bond acceptors (Lipinski definition) is 4. The van der Waals surface area contributed by atoms with E-state index < -0.39 is 6.10 Å². The van der Waals surface area contributed by atoms with Crippen LogP contribution >= 0.6 is 0 Å². The summed E-state index contributed by atoms with van der Waals surface area (Å²) in [5.41, 5.74) is 2.60. The van der Waals surface area contributed by atoms with Crippen molar-refractivity contribution in [1.29, 1.82) is 0 Å². The van der Waals surface area contributed by atoms with E-state index in [-0.39, 0.29) is 11.9 Å².